The average molecular weight is 250 g/mol. The molecule has 1 aromatic rings. The number of aromatic nitrogens is 2. The molecule has 1 saturated heterocycles. The van der Waals surface area contributed by atoms with Crippen LogP contribution in [0, 0.1) is 11.3 Å². The van der Waals surface area contributed by atoms with Crippen LogP contribution in [0.15, 0.2) is 12.5 Å². The molecule has 2 N–H and O–H groups in total. The van der Waals surface area contributed by atoms with Gasteiger partial charge in [-0.15, -0.1) is 0 Å². The highest BCUT2D eigenvalue weighted by Gasteiger charge is 2.35. The first-order valence-electron chi connectivity index (χ1n) is 6.84. The quantitative estimate of drug-likeness (QED) is 0.889. The van der Waals surface area contributed by atoms with E-state index in [1.165, 1.54) is 12.1 Å². The number of imidazole rings is 1. The van der Waals surface area contributed by atoms with Crippen LogP contribution < -0.4 is 5.73 Å². The normalized spacial score (nSPS) is 23.5. The molecule has 2 atom stereocenters. The first-order valence-corrected chi connectivity index (χ1v) is 6.84. The van der Waals surface area contributed by atoms with E-state index in [2.05, 4.69) is 35.2 Å². The van der Waals surface area contributed by atoms with Crippen LogP contribution in [0.25, 0.3) is 0 Å². The molecule has 102 valence electrons. The summed E-state index contributed by atoms with van der Waals surface area (Å²) in [5, 5.41) is 0. The Balaban J connectivity index is 2.10. The molecule has 0 spiro atoms. The molecule has 0 aromatic carbocycles. The largest absolute Gasteiger partial charge is 0.336 e. The Hall–Kier alpha value is -0.870. The minimum atomic E-state index is 0.310. The Morgan fingerprint density at radius 1 is 1.50 bits per heavy atom. The minimum absolute atomic E-state index is 0.310. The van der Waals surface area contributed by atoms with Crippen LogP contribution in [0.4, 0.5) is 0 Å². The summed E-state index contributed by atoms with van der Waals surface area (Å²) in [6.07, 6.45) is 5.08. The monoisotopic (exact) mass is 250 g/mol. The Bertz CT molecular complexity index is 391. The molecule has 2 rings (SSSR count). The fraction of sp³-hybridized carbons (Fsp3) is 0.786. The van der Waals surface area contributed by atoms with E-state index in [4.69, 9.17) is 5.73 Å². The number of aryl methyl sites for hydroxylation is 1. The van der Waals surface area contributed by atoms with Crippen molar-refractivity contribution in [1.29, 1.82) is 0 Å². The second-order valence-electron chi connectivity index (χ2n) is 6.53. The smallest absolute Gasteiger partial charge is 0.0946 e. The molecule has 1 aromatic heterocycles. The molecule has 1 aliphatic heterocycles. The van der Waals surface area contributed by atoms with E-state index in [1.54, 1.807) is 0 Å². The van der Waals surface area contributed by atoms with E-state index in [9.17, 15) is 0 Å². The van der Waals surface area contributed by atoms with Crippen LogP contribution in [0.2, 0.25) is 0 Å². The van der Waals surface area contributed by atoms with Crippen molar-refractivity contribution < 1.29 is 0 Å². The van der Waals surface area contributed by atoms with Crippen molar-refractivity contribution in [2.45, 2.75) is 33.2 Å². The standard InChI is InChI=1S/C14H26N4/c1-14(2,3)11-5-6-18(9-11)12(7-15)13-8-16-10-17(13)4/h8,10-12H,5-7,9,15H2,1-4H3. The highest BCUT2D eigenvalue weighted by molar-refractivity contribution is 5.07. The molecular formula is C14H26N4. The SMILES string of the molecule is Cn1cncc1C(CN)N1CCC(C(C)(C)C)C1. The van der Waals surface area contributed by atoms with Gasteiger partial charge in [0.05, 0.1) is 18.1 Å². The lowest BCUT2D eigenvalue weighted by atomic mass is 9.80. The zero-order chi connectivity index (χ0) is 13.3. The summed E-state index contributed by atoms with van der Waals surface area (Å²) in [4.78, 5) is 6.73. The number of nitrogens with zero attached hydrogens (tertiary/aromatic N) is 3. The third kappa shape index (κ3) is 2.59. The maximum Gasteiger partial charge on any atom is 0.0946 e. The first kappa shape index (κ1) is 13.6. The summed E-state index contributed by atoms with van der Waals surface area (Å²) in [5.74, 6) is 0.764. The molecule has 4 heteroatoms. The van der Waals surface area contributed by atoms with E-state index in [0.29, 0.717) is 18.0 Å². The van der Waals surface area contributed by atoms with E-state index in [0.717, 1.165) is 19.0 Å². The summed E-state index contributed by atoms with van der Waals surface area (Å²) in [7, 11) is 2.04. The topological polar surface area (TPSA) is 47.1 Å². The maximum atomic E-state index is 5.98. The minimum Gasteiger partial charge on any atom is -0.336 e. The highest BCUT2D eigenvalue weighted by Crippen LogP contribution is 2.36. The van der Waals surface area contributed by atoms with Crippen molar-refractivity contribution in [1.82, 2.24) is 14.5 Å². The van der Waals surface area contributed by atoms with Gasteiger partial charge in [-0.1, -0.05) is 20.8 Å². The predicted octanol–water partition coefficient (Wildman–Crippen LogP) is 1.79. The van der Waals surface area contributed by atoms with Crippen LogP contribution in [-0.2, 0) is 7.05 Å². The van der Waals surface area contributed by atoms with Gasteiger partial charge in [0.25, 0.3) is 0 Å². The Morgan fingerprint density at radius 3 is 2.67 bits per heavy atom. The zero-order valence-electron chi connectivity index (χ0n) is 12.1. The maximum absolute atomic E-state index is 5.98. The number of hydrogen-bond donors (Lipinski definition) is 1. The van der Waals surface area contributed by atoms with E-state index < -0.39 is 0 Å². The summed E-state index contributed by atoms with van der Waals surface area (Å²) in [5.41, 5.74) is 7.60. The van der Waals surface area contributed by atoms with Gasteiger partial charge < -0.3 is 10.3 Å². The Kier molecular flexibility index (Phi) is 3.78. The van der Waals surface area contributed by atoms with Gasteiger partial charge in [0, 0.05) is 26.3 Å². The molecule has 2 unspecified atom stereocenters. The molecule has 1 aliphatic rings. The van der Waals surface area contributed by atoms with Crippen molar-refractivity contribution in [2.24, 2.45) is 24.1 Å². The Morgan fingerprint density at radius 2 is 2.22 bits per heavy atom. The molecule has 2 heterocycles. The fourth-order valence-corrected chi connectivity index (χ4v) is 2.92. The molecular weight excluding hydrogens is 224 g/mol. The number of likely N-dealkylation sites (tertiary alicyclic amines) is 1. The van der Waals surface area contributed by atoms with Crippen LogP contribution in [-0.4, -0.2) is 34.1 Å². The van der Waals surface area contributed by atoms with Crippen molar-refractivity contribution in [3.8, 4) is 0 Å². The third-order valence-corrected chi connectivity index (χ3v) is 4.30. The molecule has 0 amide bonds. The van der Waals surface area contributed by atoms with Gasteiger partial charge in [-0.3, -0.25) is 4.90 Å². The second kappa shape index (κ2) is 5.02. The van der Waals surface area contributed by atoms with Gasteiger partial charge in [0.1, 0.15) is 0 Å². The molecule has 0 saturated carbocycles. The van der Waals surface area contributed by atoms with Gasteiger partial charge in [-0.05, 0) is 24.3 Å². The summed E-state index contributed by atoms with van der Waals surface area (Å²) < 4.78 is 2.09. The zero-order valence-corrected chi connectivity index (χ0v) is 12.1. The van der Waals surface area contributed by atoms with E-state index in [-0.39, 0.29) is 0 Å². The molecule has 18 heavy (non-hydrogen) atoms. The van der Waals surface area contributed by atoms with Crippen LogP contribution in [0.5, 0.6) is 0 Å². The molecule has 0 aliphatic carbocycles. The lowest BCUT2D eigenvalue weighted by Gasteiger charge is -2.30. The van der Waals surface area contributed by atoms with Gasteiger partial charge in [0.2, 0.25) is 0 Å². The van der Waals surface area contributed by atoms with Gasteiger partial charge in [0.15, 0.2) is 0 Å². The van der Waals surface area contributed by atoms with Crippen molar-refractivity contribution in [3.05, 3.63) is 18.2 Å². The fourth-order valence-electron chi connectivity index (χ4n) is 2.92. The second-order valence-corrected chi connectivity index (χ2v) is 6.53. The van der Waals surface area contributed by atoms with Gasteiger partial charge in [-0.2, -0.15) is 0 Å². The third-order valence-electron chi connectivity index (χ3n) is 4.30. The predicted molar refractivity (Wildman–Crippen MR) is 74.1 cm³/mol. The highest BCUT2D eigenvalue weighted by atomic mass is 15.2. The summed E-state index contributed by atoms with van der Waals surface area (Å²) >= 11 is 0. The van der Waals surface area contributed by atoms with Crippen molar-refractivity contribution in [3.63, 3.8) is 0 Å². The number of nitrogens with two attached hydrogens (primary N) is 1. The number of rotatable bonds is 3. The molecule has 1 fully saturated rings. The van der Waals surface area contributed by atoms with Crippen molar-refractivity contribution in [2.75, 3.05) is 19.6 Å². The lowest BCUT2D eigenvalue weighted by Crippen LogP contribution is -2.34. The van der Waals surface area contributed by atoms with Crippen molar-refractivity contribution >= 4 is 0 Å². The van der Waals surface area contributed by atoms with Gasteiger partial charge in [-0.25, -0.2) is 4.98 Å². The Labute approximate surface area is 110 Å². The van der Waals surface area contributed by atoms with Gasteiger partial charge >= 0.3 is 0 Å². The first-order chi connectivity index (χ1) is 8.43. The average Bonchev–Trinajstić information content (AvgIpc) is 2.89. The van der Waals surface area contributed by atoms with Crippen LogP contribution in [0.3, 0.4) is 0 Å². The summed E-state index contributed by atoms with van der Waals surface area (Å²) in [6, 6.07) is 0.310. The molecule has 4 nitrogen and oxygen atoms in total. The molecule has 0 radical (unpaired) electrons. The number of hydrogen-bond acceptors (Lipinski definition) is 3. The van der Waals surface area contributed by atoms with Crippen LogP contribution in [0.1, 0.15) is 38.9 Å². The van der Waals surface area contributed by atoms with Crippen LogP contribution >= 0.6 is 0 Å². The lowest BCUT2D eigenvalue weighted by molar-refractivity contribution is 0.193. The summed E-state index contributed by atoms with van der Waals surface area (Å²) in [6.45, 7) is 9.97. The van der Waals surface area contributed by atoms with E-state index >= 15 is 0 Å². The molecule has 0 bridgehead atoms. The van der Waals surface area contributed by atoms with E-state index in [1.807, 2.05) is 19.6 Å².